The van der Waals surface area contributed by atoms with Crippen molar-refractivity contribution in [3.8, 4) is 5.75 Å². The van der Waals surface area contributed by atoms with E-state index < -0.39 is 22.0 Å². The number of aliphatic carboxylic acids is 1. The summed E-state index contributed by atoms with van der Waals surface area (Å²) in [6, 6.07) is 4.88. The van der Waals surface area contributed by atoms with Crippen LogP contribution in [0.3, 0.4) is 0 Å². The highest BCUT2D eigenvalue weighted by Crippen LogP contribution is 2.31. The molecule has 0 unspecified atom stereocenters. The van der Waals surface area contributed by atoms with Crippen molar-refractivity contribution in [2.45, 2.75) is 19.8 Å². The Balaban J connectivity index is 3.31. The number of hydrogen-bond acceptors (Lipinski definition) is 4. The van der Waals surface area contributed by atoms with Gasteiger partial charge in [0.15, 0.2) is 0 Å². The van der Waals surface area contributed by atoms with Crippen molar-refractivity contribution < 1.29 is 22.5 Å². The molecule has 1 aromatic rings. The number of rotatable bonds is 4. The maximum absolute atomic E-state index is 11.1. The van der Waals surface area contributed by atoms with E-state index >= 15 is 0 Å². The van der Waals surface area contributed by atoms with E-state index in [0.717, 1.165) is 6.26 Å². The van der Waals surface area contributed by atoms with E-state index in [1.807, 2.05) is 0 Å². The zero-order chi connectivity index (χ0) is 13.2. The Morgan fingerprint density at radius 2 is 2.00 bits per heavy atom. The molecule has 0 bridgehead atoms. The van der Waals surface area contributed by atoms with E-state index in [2.05, 4.69) is 0 Å². The molecular weight excluding hydrogens is 244 g/mol. The highest BCUT2D eigenvalue weighted by molar-refractivity contribution is 7.86. The van der Waals surface area contributed by atoms with Gasteiger partial charge in [-0.25, -0.2) is 0 Å². The van der Waals surface area contributed by atoms with Crippen LogP contribution in [-0.2, 0) is 14.9 Å². The first-order valence-corrected chi connectivity index (χ1v) is 6.76. The topological polar surface area (TPSA) is 80.7 Å². The Morgan fingerprint density at radius 3 is 2.47 bits per heavy atom. The van der Waals surface area contributed by atoms with Crippen molar-refractivity contribution in [2.75, 3.05) is 6.26 Å². The van der Waals surface area contributed by atoms with Crippen molar-refractivity contribution >= 4 is 16.1 Å². The maximum atomic E-state index is 11.1. The Bertz CT molecular complexity index is 533. The maximum Gasteiger partial charge on any atom is 0.310 e. The monoisotopic (exact) mass is 258 g/mol. The van der Waals surface area contributed by atoms with Crippen LogP contribution in [-0.4, -0.2) is 25.7 Å². The molecule has 1 N–H and O–H groups in total. The van der Waals surface area contributed by atoms with Gasteiger partial charge in [-0.2, -0.15) is 8.42 Å². The van der Waals surface area contributed by atoms with Crippen molar-refractivity contribution in [2.24, 2.45) is 0 Å². The summed E-state index contributed by atoms with van der Waals surface area (Å²) in [5, 5.41) is 8.94. The quantitative estimate of drug-likeness (QED) is 0.828. The van der Waals surface area contributed by atoms with Gasteiger partial charge in [0.2, 0.25) is 0 Å². The van der Waals surface area contributed by atoms with Crippen LogP contribution in [0.1, 0.15) is 24.0 Å². The molecule has 0 heterocycles. The third-order valence-electron chi connectivity index (χ3n) is 2.31. The van der Waals surface area contributed by atoms with Gasteiger partial charge >= 0.3 is 16.1 Å². The fraction of sp³-hybridized carbons (Fsp3) is 0.364. The summed E-state index contributed by atoms with van der Waals surface area (Å²) < 4.78 is 27.1. The van der Waals surface area contributed by atoms with Gasteiger partial charge in [0.1, 0.15) is 5.75 Å². The van der Waals surface area contributed by atoms with Crippen molar-refractivity contribution in [1.29, 1.82) is 0 Å². The zero-order valence-corrected chi connectivity index (χ0v) is 10.6. The van der Waals surface area contributed by atoms with E-state index in [1.165, 1.54) is 6.92 Å². The van der Waals surface area contributed by atoms with Crippen LogP contribution in [0.15, 0.2) is 18.2 Å². The van der Waals surface area contributed by atoms with Gasteiger partial charge in [-0.05, 0) is 19.4 Å². The fourth-order valence-electron chi connectivity index (χ4n) is 1.41. The van der Waals surface area contributed by atoms with E-state index in [4.69, 9.17) is 9.29 Å². The van der Waals surface area contributed by atoms with Crippen LogP contribution < -0.4 is 4.18 Å². The Morgan fingerprint density at radius 1 is 1.41 bits per heavy atom. The second-order valence-electron chi connectivity index (χ2n) is 3.84. The third-order valence-corrected chi connectivity index (χ3v) is 2.78. The highest BCUT2D eigenvalue weighted by Gasteiger charge is 2.21. The highest BCUT2D eigenvalue weighted by atomic mass is 32.2. The predicted octanol–water partition coefficient (Wildman–Crippen LogP) is 1.52. The van der Waals surface area contributed by atoms with Gasteiger partial charge in [-0.15, -0.1) is 0 Å². The van der Waals surface area contributed by atoms with Crippen LogP contribution in [0.2, 0.25) is 0 Å². The summed E-state index contributed by atoms with van der Waals surface area (Å²) in [7, 11) is -3.67. The van der Waals surface area contributed by atoms with Crippen LogP contribution in [0.4, 0.5) is 0 Å². The summed E-state index contributed by atoms with van der Waals surface area (Å²) in [6.07, 6.45) is 0.925. The summed E-state index contributed by atoms with van der Waals surface area (Å²) in [6.45, 7) is 3.14. The summed E-state index contributed by atoms with van der Waals surface area (Å²) >= 11 is 0. The normalized spacial score (nSPS) is 13.1. The van der Waals surface area contributed by atoms with Gasteiger partial charge in [0.25, 0.3) is 0 Å². The number of carboxylic acid groups (broad SMARTS) is 1. The predicted molar refractivity (Wildman–Crippen MR) is 62.7 cm³/mol. The largest absolute Gasteiger partial charge is 0.481 e. The first kappa shape index (κ1) is 13.5. The third kappa shape index (κ3) is 3.45. The smallest absolute Gasteiger partial charge is 0.310 e. The van der Waals surface area contributed by atoms with E-state index in [0.29, 0.717) is 11.1 Å². The zero-order valence-electron chi connectivity index (χ0n) is 9.80. The molecule has 17 heavy (non-hydrogen) atoms. The molecule has 0 saturated carbocycles. The fourth-order valence-corrected chi connectivity index (χ4v) is 1.94. The minimum Gasteiger partial charge on any atom is -0.481 e. The van der Waals surface area contributed by atoms with Gasteiger partial charge in [0, 0.05) is 5.56 Å². The van der Waals surface area contributed by atoms with Crippen LogP contribution in [0, 0.1) is 6.92 Å². The Hall–Kier alpha value is -1.56. The number of carboxylic acids is 1. The number of hydrogen-bond donors (Lipinski definition) is 1. The molecule has 6 heteroatoms. The van der Waals surface area contributed by atoms with Gasteiger partial charge in [-0.3, -0.25) is 4.79 Å². The molecule has 5 nitrogen and oxygen atoms in total. The summed E-state index contributed by atoms with van der Waals surface area (Å²) in [5.74, 6) is -1.76. The lowest BCUT2D eigenvalue weighted by molar-refractivity contribution is -0.138. The molecule has 0 aromatic heterocycles. The van der Waals surface area contributed by atoms with E-state index in [1.54, 1.807) is 25.1 Å². The minimum atomic E-state index is -3.67. The lowest BCUT2D eigenvalue weighted by Crippen LogP contribution is -2.13. The molecule has 0 aliphatic heterocycles. The lowest BCUT2D eigenvalue weighted by Gasteiger charge is -2.14. The van der Waals surface area contributed by atoms with Gasteiger partial charge in [0.05, 0.1) is 12.2 Å². The molecule has 94 valence electrons. The van der Waals surface area contributed by atoms with Crippen LogP contribution >= 0.6 is 0 Å². The molecule has 0 aliphatic rings. The van der Waals surface area contributed by atoms with Gasteiger partial charge < -0.3 is 9.29 Å². The molecular formula is C11H14O5S. The average Bonchev–Trinajstić information content (AvgIpc) is 2.18. The SMILES string of the molecule is Cc1cccc([C@H](C)C(=O)O)c1OS(C)(=O)=O. The van der Waals surface area contributed by atoms with Crippen molar-refractivity contribution in [1.82, 2.24) is 0 Å². The molecule has 1 aromatic carbocycles. The van der Waals surface area contributed by atoms with Crippen LogP contribution in [0.25, 0.3) is 0 Å². The molecule has 1 atom stereocenters. The van der Waals surface area contributed by atoms with Crippen molar-refractivity contribution in [3.05, 3.63) is 29.3 Å². The number of carbonyl (C=O) groups is 1. The van der Waals surface area contributed by atoms with E-state index in [9.17, 15) is 13.2 Å². The number of aryl methyl sites for hydroxylation is 1. The van der Waals surface area contributed by atoms with Crippen LogP contribution in [0.5, 0.6) is 5.75 Å². The average molecular weight is 258 g/mol. The Labute approximate surface area is 100 Å². The first-order chi connectivity index (χ1) is 7.72. The number of benzene rings is 1. The summed E-state index contributed by atoms with van der Waals surface area (Å²) in [5.41, 5.74) is 0.934. The lowest BCUT2D eigenvalue weighted by atomic mass is 9.98. The summed E-state index contributed by atoms with van der Waals surface area (Å²) in [4.78, 5) is 10.9. The molecule has 0 saturated heterocycles. The molecule has 1 rings (SSSR count). The molecule has 0 aliphatic carbocycles. The second-order valence-corrected chi connectivity index (χ2v) is 5.42. The van der Waals surface area contributed by atoms with Gasteiger partial charge in [-0.1, -0.05) is 18.2 Å². The molecule has 0 radical (unpaired) electrons. The van der Waals surface area contributed by atoms with Crippen molar-refractivity contribution in [3.63, 3.8) is 0 Å². The van der Waals surface area contributed by atoms with E-state index in [-0.39, 0.29) is 5.75 Å². The molecule has 0 amide bonds. The molecule has 0 spiro atoms. The minimum absolute atomic E-state index is 0.102. The second kappa shape index (κ2) is 4.75. The molecule has 0 fully saturated rings. The first-order valence-electron chi connectivity index (χ1n) is 4.94. The standard InChI is InChI=1S/C11H14O5S/c1-7-5-4-6-9(8(2)11(12)13)10(7)16-17(3,14)15/h4-6,8H,1-3H3,(H,12,13)/t8-/m0/s1. The Kier molecular flexibility index (Phi) is 3.77. The number of para-hydroxylation sites is 1.